The molecule has 1 aliphatic rings. The highest BCUT2D eigenvalue weighted by atomic mass is 35.5. The van der Waals surface area contributed by atoms with Crippen LogP contribution in [0.15, 0.2) is 42.5 Å². The van der Waals surface area contributed by atoms with E-state index in [-0.39, 0.29) is 12.2 Å². The number of benzene rings is 2. The minimum Gasteiger partial charge on any atom is -0.375 e. The summed E-state index contributed by atoms with van der Waals surface area (Å²) in [6, 6.07) is 11.8. The SMILES string of the molecule is CCc1ccc2c(c1)[C@](O)(CC(=O)c1ccc(Cl)cc1)C(=O)N2. The number of anilines is 1. The second-order valence-electron chi connectivity index (χ2n) is 5.65. The van der Waals surface area contributed by atoms with Crippen molar-refractivity contribution in [1.29, 1.82) is 0 Å². The summed E-state index contributed by atoms with van der Waals surface area (Å²) in [6.45, 7) is 1.99. The first-order valence-electron chi connectivity index (χ1n) is 7.40. The zero-order chi connectivity index (χ0) is 16.6. The number of amides is 1. The lowest BCUT2D eigenvalue weighted by molar-refractivity contribution is -0.133. The Morgan fingerprint density at radius 1 is 1.22 bits per heavy atom. The van der Waals surface area contributed by atoms with Crippen LogP contribution in [0.4, 0.5) is 5.69 Å². The van der Waals surface area contributed by atoms with Gasteiger partial charge in [0, 0.05) is 21.8 Å². The lowest BCUT2D eigenvalue weighted by atomic mass is 9.87. The Morgan fingerprint density at radius 3 is 2.57 bits per heavy atom. The van der Waals surface area contributed by atoms with E-state index in [9.17, 15) is 14.7 Å². The topological polar surface area (TPSA) is 66.4 Å². The Bertz CT molecular complexity index is 785. The van der Waals surface area contributed by atoms with E-state index >= 15 is 0 Å². The second-order valence-corrected chi connectivity index (χ2v) is 6.09. The molecule has 2 aromatic rings. The largest absolute Gasteiger partial charge is 0.375 e. The fourth-order valence-electron chi connectivity index (χ4n) is 2.76. The van der Waals surface area contributed by atoms with Gasteiger partial charge in [0.15, 0.2) is 11.4 Å². The molecule has 2 N–H and O–H groups in total. The van der Waals surface area contributed by atoms with Crippen molar-refractivity contribution in [3.63, 3.8) is 0 Å². The van der Waals surface area contributed by atoms with Crippen LogP contribution in [0, 0.1) is 0 Å². The van der Waals surface area contributed by atoms with Crippen molar-refractivity contribution in [3.05, 3.63) is 64.2 Å². The van der Waals surface area contributed by atoms with Gasteiger partial charge in [-0.25, -0.2) is 0 Å². The van der Waals surface area contributed by atoms with Gasteiger partial charge in [-0.15, -0.1) is 0 Å². The monoisotopic (exact) mass is 329 g/mol. The molecular formula is C18H16ClNO3. The van der Waals surface area contributed by atoms with Crippen LogP contribution < -0.4 is 5.32 Å². The lowest BCUT2D eigenvalue weighted by Crippen LogP contribution is -2.36. The van der Waals surface area contributed by atoms with Gasteiger partial charge in [0.2, 0.25) is 0 Å². The first kappa shape index (κ1) is 15.7. The summed E-state index contributed by atoms with van der Waals surface area (Å²) in [5, 5.41) is 14.0. The highest BCUT2D eigenvalue weighted by Crippen LogP contribution is 2.39. The zero-order valence-corrected chi connectivity index (χ0v) is 13.4. The average Bonchev–Trinajstić information content (AvgIpc) is 2.78. The number of halogens is 1. The van der Waals surface area contributed by atoms with Crippen LogP contribution in [0.25, 0.3) is 0 Å². The van der Waals surface area contributed by atoms with E-state index in [1.54, 1.807) is 36.4 Å². The molecule has 0 radical (unpaired) electrons. The molecule has 0 aliphatic carbocycles. The Balaban J connectivity index is 1.94. The van der Waals surface area contributed by atoms with E-state index in [1.165, 1.54) is 0 Å². The van der Waals surface area contributed by atoms with Crippen molar-refractivity contribution >= 4 is 29.0 Å². The molecule has 0 spiro atoms. The maximum Gasteiger partial charge on any atom is 0.261 e. The quantitative estimate of drug-likeness (QED) is 0.846. The van der Waals surface area contributed by atoms with Crippen molar-refractivity contribution in [2.45, 2.75) is 25.4 Å². The molecule has 2 aromatic carbocycles. The van der Waals surface area contributed by atoms with Crippen molar-refractivity contribution in [2.75, 3.05) is 5.32 Å². The summed E-state index contributed by atoms with van der Waals surface area (Å²) < 4.78 is 0. The maximum atomic E-state index is 12.4. The molecule has 1 atom stereocenters. The Labute approximate surface area is 139 Å². The Hall–Kier alpha value is -2.17. The van der Waals surface area contributed by atoms with E-state index in [0.29, 0.717) is 21.8 Å². The molecule has 23 heavy (non-hydrogen) atoms. The van der Waals surface area contributed by atoms with Gasteiger partial charge < -0.3 is 10.4 Å². The van der Waals surface area contributed by atoms with Gasteiger partial charge in [-0.2, -0.15) is 0 Å². The number of ketones is 1. The minimum atomic E-state index is -1.84. The lowest BCUT2D eigenvalue weighted by Gasteiger charge is -2.20. The highest BCUT2D eigenvalue weighted by Gasteiger charge is 2.46. The summed E-state index contributed by atoms with van der Waals surface area (Å²) in [5.41, 5.74) is 0.591. The third-order valence-corrected chi connectivity index (χ3v) is 4.40. The van der Waals surface area contributed by atoms with E-state index in [4.69, 9.17) is 11.6 Å². The van der Waals surface area contributed by atoms with Crippen LogP contribution in [0.1, 0.15) is 34.8 Å². The third-order valence-electron chi connectivity index (χ3n) is 4.14. The van der Waals surface area contributed by atoms with E-state index < -0.39 is 11.5 Å². The van der Waals surface area contributed by atoms with Gasteiger partial charge in [-0.3, -0.25) is 9.59 Å². The zero-order valence-electron chi connectivity index (χ0n) is 12.6. The highest BCUT2D eigenvalue weighted by molar-refractivity contribution is 6.30. The van der Waals surface area contributed by atoms with Crippen LogP contribution >= 0.6 is 11.6 Å². The average molecular weight is 330 g/mol. The third kappa shape index (κ3) is 2.76. The summed E-state index contributed by atoms with van der Waals surface area (Å²) >= 11 is 5.81. The number of hydrogen-bond acceptors (Lipinski definition) is 3. The fourth-order valence-corrected chi connectivity index (χ4v) is 2.88. The summed E-state index contributed by atoms with van der Waals surface area (Å²) in [7, 11) is 0. The predicted molar refractivity (Wildman–Crippen MR) is 88.7 cm³/mol. The van der Waals surface area contributed by atoms with E-state index in [0.717, 1.165) is 12.0 Å². The number of aryl methyl sites for hydroxylation is 1. The predicted octanol–water partition coefficient (Wildman–Crippen LogP) is 3.32. The molecule has 0 bridgehead atoms. The summed E-state index contributed by atoms with van der Waals surface area (Å²) in [5.74, 6) is -0.878. The van der Waals surface area contributed by atoms with Crippen molar-refractivity contribution < 1.29 is 14.7 Å². The van der Waals surface area contributed by atoms with Gasteiger partial charge in [-0.1, -0.05) is 30.7 Å². The van der Waals surface area contributed by atoms with Gasteiger partial charge >= 0.3 is 0 Å². The van der Waals surface area contributed by atoms with Gasteiger partial charge in [0.1, 0.15) is 0 Å². The van der Waals surface area contributed by atoms with Crippen LogP contribution in [0.2, 0.25) is 5.02 Å². The van der Waals surface area contributed by atoms with Gasteiger partial charge in [-0.05, 0) is 42.3 Å². The number of Topliss-reactive ketones (excluding diaryl/α,β-unsaturated/α-hetero) is 1. The molecule has 0 fully saturated rings. The molecular weight excluding hydrogens is 314 g/mol. The molecule has 5 heteroatoms. The molecule has 0 saturated carbocycles. The maximum absolute atomic E-state index is 12.4. The Morgan fingerprint density at radius 2 is 1.91 bits per heavy atom. The molecule has 0 aromatic heterocycles. The first-order chi connectivity index (χ1) is 10.9. The Kier molecular flexibility index (Phi) is 3.96. The van der Waals surface area contributed by atoms with E-state index in [1.807, 2.05) is 13.0 Å². The molecule has 1 amide bonds. The molecule has 118 valence electrons. The van der Waals surface area contributed by atoms with Crippen molar-refractivity contribution in [1.82, 2.24) is 0 Å². The van der Waals surface area contributed by atoms with Crippen molar-refractivity contribution in [2.24, 2.45) is 0 Å². The number of nitrogens with one attached hydrogen (secondary N) is 1. The standard InChI is InChI=1S/C18H16ClNO3/c1-2-11-3-8-15-14(9-11)18(23,17(22)20-15)10-16(21)12-4-6-13(19)7-5-12/h3-9,23H,2,10H2,1H3,(H,20,22)/t18-/m1/s1. The van der Waals surface area contributed by atoms with Crippen LogP contribution in [0.5, 0.6) is 0 Å². The number of aliphatic hydroxyl groups is 1. The summed E-state index contributed by atoms with van der Waals surface area (Å²) in [4.78, 5) is 24.7. The second kappa shape index (κ2) is 5.80. The molecule has 1 heterocycles. The number of rotatable bonds is 4. The van der Waals surface area contributed by atoms with Gasteiger partial charge in [0.25, 0.3) is 5.91 Å². The molecule has 0 saturated heterocycles. The number of carbonyl (C=O) groups excluding carboxylic acids is 2. The molecule has 4 nitrogen and oxygen atoms in total. The smallest absolute Gasteiger partial charge is 0.261 e. The molecule has 0 unspecified atom stereocenters. The summed E-state index contributed by atoms with van der Waals surface area (Å²) in [6.07, 6.45) is 0.476. The van der Waals surface area contributed by atoms with Crippen molar-refractivity contribution in [3.8, 4) is 0 Å². The molecule has 1 aliphatic heterocycles. The van der Waals surface area contributed by atoms with E-state index in [2.05, 4.69) is 5.32 Å². The number of hydrogen-bond donors (Lipinski definition) is 2. The normalized spacial score (nSPS) is 19.3. The fraction of sp³-hybridized carbons (Fsp3) is 0.222. The first-order valence-corrected chi connectivity index (χ1v) is 7.78. The minimum absolute atomic E-state index is 0.305. The number of carbonyl (C=O) groups is 2. The van der Waals surface area contributed by atoms with Crippen LogP contribution in [-0.2, 0) is 16.8 Å². The number of fused-ring (bicyclic) bond motifs is 1. The van der Waals surface area contributed by atoms with Crippen LogP contribution in [-0.4, -0.2) is 16.8 Å². The van der Waals surface area contributed by atoms with Crippen LogP contribution in [0.3, 0.4) is 0 Å². The molecule has 3 rings (SSSR count). The van der Waals surface area contributed by atoms with Gasteiger partial charge in [0.05, 0.1) is 6.42 Å².